The maximum absolute atomic E-state index is 12.5. The van der Waals surface area contributed by atoms with Crippen molar-refractivity contribution >= 4 is 6.03 Å². The van der Waals surface area contributed by atoms with Gasteiger partial charge in [0.05, 0.1) is 0 Å². The smallest absolute Gasteiger partial charge is 0.315 e. The molecule has 4 saturated carbocycles. The van der Waals surface area contributed by atoms with Gasteiger partial charge in [-0.1, -0.05) is 75.3 Å². The van der Waals surface area contributed by atoms with Crippen molar-refractivity contribution in [1.29, 1.82) is 0 Å². The fourth-order valence-corrected chi connectivity index (χ4v) is 7.09. The van der Waals surface area contributed by atoms with Crippen LogP contribution in [0.3, 0.4) is 0 Å². The summed E-state index contributed by atoms with van der Waals surface area (Å²) in [5.41, 5.74) is 1.61. The lowest BCUT2D eigenvalue weighted by atomic mass is 9.53. The van der Waals surface area contributed by atoms with Crippen molar-refractivity contribution in [2.45, 2.75) is 108 Å². The molecule has 1 aromatic rings. The molecule has 4 bridgehead atoms. The standard InChI is InChI=1S/C28H44N2O/c31-27(30-28-20-24-17-25(21-28)19-26(18-24)22-28)29-16-12-7-5-3-1-2-4-6-9-13-23-14-10-8-11-15-23/h8,10-11,14-15,24-26H,1-7,9,12-13,16-22H2,(H2,29,30,31). The number of benzene rings is 1. The van der Waals surface area contributed by atoms with Crippen LogP contribution in [0.4, 0.5) is 4.79 Å². The Labute approximate surface area is 190 Å². The van der Waals surface area contributed by atoms with Crippen molar-refractivity contribution in [2.24, 2.45) is 17.8 Å². The number of hydrogen-bond acceptors (Lipinski definition) is 1. The number of aryl methyl sites for hydroxylation is 1. The molecule has 3 nitrogen and oxygen atoms in total. The van der Waals surface area contributed by atoms with Gasteiger partial charge in [0, 0.05) is 12.1 Å². The Hall–Kier alpha value is -1.51. The molecule has 4 fully saturated rings. The molecule has 0 spiro atoms. The van der Waals surface area contributed by atoms with Crippen LogP contribution >= 0.6 is 0 Å². The Kier molecular flexibility index (Phi) is 8.33. The molecule has 1 aromatic carbocycles. The maximum Gasteiger partial charge on any atom is 0.315 e. The van der Waals surface area contributed by atoms with Crippen molar-refractivity contribution < 1.29 is 4.79 Å². The lowest BCUT2D eigenvalue weighted by molar-refractivity contribution is -0.0135. The van der Waals surface area contributed by atoms with Crippen LogP contribution in [0.2, 0.25) is 0 Å². The molecule has 0 unspecified atom stereocenters. The Bertz CT molecular complexity index is 636. The summed E-state index contributed by atoms with van der Waals surface area (Å²) in [5.74, 6) is 2.65. The summed E-state index contributed by atoms with van der Waals surface area (Å²) in [6, 6.07) is 10.9. The zero-order valence-electron chi connectivity index (χ0n) is 19.5. The van der Waals surface area contributed by atoms with Crippen LogP contribution in [-0.4, -0.2) is 18.1 Å². The predicted octanol–water partition coefficient (Wildman–Crippen LogP) is 7.01. The summed E-state index contributed by atoms with van der Waals surface area (Å²) < 4.78 is 0. The van der Waals surface area contributed by atoms with E-state index in [9.17, 15) is 4.79 Å². The second kappa shape index (κ2) is 11.4. The molecule has 0 radical (unpaired) electrons. The minimum Gasteiger partial charge on any atom is -0.338 e. The Morgan fingerprint density at radius 2 is 1.26 bits per heavy atom. The van der Waals surface area contributed by atoms with Gasteiger partial charge in [-0.2, -0.15) is 0 Å². The van der Waals surface area contributed by atoms with Gasteiger partial charge in [0.15, 0.2) is 0 Å². The summed E-state index contributed by atoms with van der Waals surface area (Å²) in [6.07, 6.45) is 21.0. The van der Waals surface area contributed by atoms with E-state index in [4.69, 9.17) is 0 Å². The lowest BCUT2D eigenvalue weighted by Gasteiger charge is -2.56. The first-order chi connectivity index (χ1) is 15.2. The molecule has 5 rings (SSSR count). The lowest BCUT2D eigenvalue weighted by Crippen LogP contribution is -2.61. The summed E-state index contributed by atoms with van der Waals surface area (Å²) in [5, 5.41) is 6.57. The SMILES string of the molecule is O=C(NCCCCCCCCCCCc1ccccc1)NC12CC3CC(CC(C3)C1)C2. The van der Waals surface area contributed by atoms with E-state index in [0.717, 1.165) is 30.7 Å². The van der Waals surface area contributed by atoms with E-state index < -0.39 is 0 Å². The van der Waals surface area contributed by atoms with Crippen molar-refractivity contribution in [3.05, 3.63) is 35.9 Å². The molecule has 0 aromatic heterocycles. The normalized spacial score (nSPS) is 28.6. The Morgan fingerprint density at radius 3 is 1.84 bits per heavy atom. The largest absolute Gasteiger partial charge is 0.338 e. The monoisotopic (exact) mass is 424 g/mol. The number of amides is 2. The number of nitrogens with one attached hydrogen (secondary N) is 2. The predicted molar refractivity (Wildman–Crippen MR) is 129 cm³/mol. The van der Waals surface area contributed by atoms with Gasteiger partial charge in [-0.3, -0.25) is 0 Å². The fraction of sp³-hybridized carbons (Fsp3) is 0.750. The molecule has 0 aliphatic heterocycles. The van der Waals surface area contributed by atoms with E-state index in [1.807, 2.05) is 0 Å². The van der Waals surface area contributed by atoms with Crippen molar-refractivity contribution in [3.8, 4) is 0 Å². The molecule has 2 N–H and O–H groups in total. The molecule has 31 heavy (non-hydrogen) atoms. The van der Waals surface area contributed by atoms with Crippen LogP contribution in [0.5, 0.6) is 0 Å². The highest BCUT2D eigenvalue weighted by atomic mass is 16.2. The number of carbonyl (C=O) groups is 1. The quantitative estimate of drug-likeness (QED) is 0.329. The maximum atomic E-state index is 12.5. The molecule has 4 aliphatic carbocycles. The van der Waals surface area contributed by atoms with E-state index in [0.29, 0.717) is 0 Å². The first-order valence-electron chi connectivity index (χ1n) is 13.3. The average Bonchev–Trinajstić information content (AvgIpc) is 2.74. The van der Waals surface area contributed by atoms with E-state index in [1.54, 1.807) is 0 Å². The first-order valence-corrected chi connectivity index (χ1v) is 13.3. The second-order valence-corrected chi connectivity index (χ2v) is 11.0. The van der Waals surface area contributed by atoms with Crippen LogP contribution in [-0.2, 0) is 6.42 Å². The van der Waals surface area contributed by atoms with Crippen LogP contribution in [0.15, 0.2) is 30.3 Å². The average molecular weight is 425 g/mol. The third-order valence-corrected chi connectivity index (χ3v) is 8.19. The Morgan fingerprint density at radius 1 is 0.742 bits per heavy atom. The van der Waals surface area contributed by atoms with Gasteiger partial charge < -0.3 is 10.6 Å². The molecule has 2 amide bonds. The van der Waals surface area contributed by atoms with Gasteiger partial charge in [-0.05, 0) is 81.1 Å². The van der Waals surface area contributed by atoms with Gasteiger partial charge in [0.2, 0.25) is 0 Å². The van der Waals surface area contributed by atoms with Crippen molar-refractivity contribution in [1.82, 2.24) is 10.6 Å². The van der Waals surface area contributed by atoms with Crippen LogP contribution in [0, 0.1) is 17.8 Å². The summed E-state index contributed by atoms with van der Waals surface area (Å²) in [6.45, 7) is 0.831. The molecule has 0 atom stereocenters. The minimum absolute atomic E-state index is 0.0949. The molecule has 0 saturated heterocycles. The molecular weight excluding hydrogens is 380 g/mol. The third-order valence-electron chi connectivity index (χ3n) is 8.19. The molecule has 3 heteroatoms. The topological polar surface area (TPSA) is 41.1 Å². The molecule has 172 valence electrons. The van der Waals surface area contributed by atoms with Gasteiger partial charge >= 0.3 is 6.03 Å². The fourth-order valence-electron chi connectivity index (χ4n) is 7.09. The highest BCUT2D eigenvalue weighted by molar-refractivity contribution is 5.74. The van der Waals surface area contributed by atoms with Gasteiger partial charge in [0.25, 0.3) is 0 Å². The highest BCUT2D eigenvalue weighted by Crippen LogP contribution is 2.55. The van der Waals surface area contributed by atoms with Crippen molar-refractivity contribution in [3.63, 3.8) is 0 Å². The van der Waals surface area contributed by atoms with Crippen LogP contribution in [0.1, 0.15) is 102 Å². The third kappa shape index (κ3) is 6.99. The summed E-state index contributed by atoms with van der Waals surface area (Å²) in [7, 11) is 0. The summed E-state index contributed by atoms with van der Waals surface area (Å²) >= 11 is 0. The molecular formula is C28H44N2O. The van der Waals surface area contributed by atoms with Gasteiger partial charge in [0.1, 0.15) is 0 Å². The number of urea groups is 1. The van der Waals surface area contributed by atoms with E-state index in [2.05, 4.69) is 41.0 Å². The number of hydrogen-bond donors (Lipinski definition) is 2. The Balaban J connectivity index is 0.953. The molecule has 0 heterocycles. The zero-order chi connectivity index (χ0) is 21.4. The summed E-state index contributed by atoms with van der Waals surface area (Å²) in [4.78, 5) is 12.5. The van der Waals surface area contributed by atoms with Gasteiger partial charge in [-0.15, -0.1) is 0 Å². The second-order valence-electron chi connectivity index (χ2n) is 11.0. The van der Waals surface area contributed by atoms with Crippen LogP contribution < -0.4 is 10.6 Å². The number of unbranched alkanes of at least 4 members (excludes halogenated alkanes) is 8. The van der Waals surface area contributed by atoms with E-state index >= 15 is 0 Å². The minimum atomic E-state index is 0.0949. The molecule has 4 aliphatic rings. The van der Waals surface area contributed by atoms with Gasteiger partial charge in [-0.25, -0.2) is 4.79 Å². The van der Waals surface area contributed by atoms with Crippen LogP contribution in [0.25, 0.3) is 0 Å². The first kappa shape index (κ1) is 22.7. The van der Waals surface area contributed by atoms with E-state index in [-0.39, 0.29) is 11.6 Å². The van der Waals surface area contributed by atoms with Crippen molar-refractivity contribution in [2.75, 3.05) is 6.54 Å². The zero-order valence-corrected chi connectivity index (χ0v) is 19.5. The highest BCUT2D eigenvalue weighted by Gasteiger charge is 2.51. The number of carbonyl (C=O) groups excluding carboxylic acids is 1. The number of rotatable bonds is 13. The van der Waals surface area contributed by atoms with E-state index in [1.165, 1.54) is 102 Å².